The number of rotatable bonds is 5. The van der Waals surface area contributed by atoms with Crippen LogP contribution in [0.5, 0.6) is 0 Å². The lowest BCUT2D eigenvalue weighted by Crippen LogP contribution is -2.20. The maximum atomic E-state index is 11.7. The largest absolute Gasteiger partial charge is 0.411 e. The van der Waals surface area contributed by atoms with Gasteiger partial charge in [-0.1, -0.05) is 11.6 Å². The number of nitrogens with one attached hydrogen (secondary N) is 1. The highest BCUT2D eigenvalue weighted by Gasteiger charge is 2.27. The predicted octanol–water partition coefficient (Wildman–Crippen LogP) is 2.91. The fourth-order valence-electron chi connectivity index (χ4n) is 1.14. The minimum atomic E-state index is -4.29. The SMILES string of the molecule is Nc1cc(Cl)ccc1NCCOCC(F)(F)F. The minimum absolute atomic E-state index is 0.0540. The van der Waals surface area contributed by atoms with Gasteiger partial charge in [0.05, 0.1) is 18.0 Å². The van der Waals surface area contributed by atoms with Crippen molar-refractivity contribution in [3.63, 3.8) is 0 Å². The number of nitrogen functional groups attached to an aromatic ring is 1. The van der Waals surface area contributed by atoms with E-state index >= 15 is 0 Å². The molecule has 7 heteroatoms. The highest BCUT2D eigenvalue weighted by atomic mass is 35.5. The van der Waals surface area contributed by atoms with Crippen molar-refractivity contribution in [2.24, 2.45) is 0 Å². The number of alkyl halides is 3. The van der Waals surface area contributed by atoms with Crippen molar-refractivity contribution < 1.29 is 17.9 Å². The fraction of sp³-hybridized carbons (Fsp3) is 0.400. The number of anilines is 2. The number of hydrogen-bond donors (Lipinski definition) is 2. The van der Waals surface area contributed by atoms with E-state index in [0.717, 1.165) is 0 Å². The molecular formula is C10H12ClF3N2O. The number of halogens is 4. The van der Waals surface area contributed by atoms with Crippen LogP contribution in [-0.4, -0.2) is 25.9 Å². The first kappa shape index (κ1) is 13.9. The molecule has 0 saturated heterocycles. The van der Waals surface area contributed by atoms with Gasteiger partial charge in [0.2, 0.25) is 0 Å². The molecule has 0 atom stereocenters. The van der Waals surface area contributed by atoms with Gasteiger partial charge in [0.25, 0.3) is 0 Å². The Balaban J connectivity index is 2.27. The van der Waals surface area contributed by atoms with Gasteiger partial charge < -0.3 is 15.8 Å². The van der Waals surface area contributed by atoms with Crippen LogP contribution in [0.2, 0.25) is 5.02 Å². The molecule has 3 nitrogen and oxygen atoms in total. The van der Waals surface area contributed by atoms with Crippen LogP contribution < -0.4 is 11.1 Å². The van der Waals surface area contributed by atoms with Crippen molar-refractivity contribution in [3.05, 3.63) is 23.2 Å². The lowest BCUT2D eigenvalue weighted by molar-refractivity contribution is -0.172. The summed E-state index contributed by atoms with van der Waals surface area (Å²) in [6.45, 7) is -1.06. The molecule has 0 amide bonds. The van der Waals surface area contributed by atoms with Crippen molar-refractivity contribution in [1.29, 1.82) is 0 Å². The van der Waals surface area contributed by atoms with Crippen molar-refractivity contribution in [1.82, 2.24) is 0 Å². The number of hydrogen-bond acceptors (Lipinski definition) is 3. The lowest BCUT2D eigenvalue weighted by Gasteiger charge is -2.11. The van der Waals surface area contributed by atoms with Crippen LogP contribution in [0.3, 0.4) is 0 Å². The molecule has 96 valence electrons. The Kier molecular flexibility index (Phi) is 4.89. The number of benzene rings is 1. The van der Waals surface area contributed by atoms with Crippen molar-refractivity contribution in [2.45, 2.75) is 6.18 Å². The molecule has 17 heavy (non-hydrogen) atoms. The quantitative estimate of drug-likeness (QED) is 0.638. The van der Waals surface area contributed by atoms with Crippen LogP contribution in [0.4, 0.5) is 24.5 Å². The zero-order chi connectivity index (χ0) is 12.9. The van der Waals surface area contributed by atoms with Crippen molar-refractivity contribution in [2.75, 3.05) is 30.8 Å². The Bertz CT molecular complexity index is 371. The summed E-state index contributed by atoms with van der Waals surface area (Å²) in [5, 5.41) is 3.35. The molecule has 0 bridgehead atoms. The van der Waals surface area contributed by atoms with Crippen LogP contribution >= 0.6 is 11.6 Å². The van der Waals surface area contributed by atoms with E-state index < -0.39 is 12.8 Å². The van der Waals surface area contributed by atoms with E-state index in [-0.39, 0.29) is 13.2 Å². The molecule has 0 unspecified atom stereocenters. The van der Waals surface area contributed by atoms with Crippen molar-refractivity contribution >= 4 is 23.0 Å². The number of ether oxygens (including phenoxy) is 1. The molecule has 0 aliphatic rings. The van der Waals surface area contributed by atoms with Crippen LogP contribution in [0, 0.1) is 0 Å². The average Bonchev–Trinajstić information content (AvgIpc) is 2.18. The van der Waals surface area contributed by atoms with Gasteiger partial charge in [0.15, 0.2) is 0 Å². The van der Waals surface area contributed by atoms with E-state index in [4.69, 9.17) is 17.3 Å². The molecule has 3 N–H and O–H groups in total. The van der Waals surface area contributed by atoms with Crippen LogP contribution in [0.1, 0.15) is 0 Å². The first-order valence-corrected chi connectivity index (χ1v) is 5.20. The second-order valence-corrected chi connectivity index (χ2v) is 3.76. The third kappa shape index (κ3) is 5.65. The van der Waals surface area contributed by atoms with Gasteiger partial charge in [-0.2, -0.15) is 13.2 Å². The first-order chi connectivity index (χ1) is 7.88. The Labute approximate surface area is 102 Å². The molecule has 0 radical (unpaired) electrons. The summed E-state index contributed by atoms with van der Waals surface area (Å²) in [6.07, 6.45) is -4.29. The molecule has 0 aliphatic carbocycles. The van der Waals surface area contributed by atoms with Gasteiger partial charge in [-0.15, -0.1) is 0 Å². The van der Waals surface area contributed by atoms with E-state index in [1.807, 2.05) is 0 Å². The molecule has 0 heterocycles. The molecule has 0 aromatic heterocycles. The fourth-order valence-corrected chi connectivity index (χ4v) is 1.32. The molecule has 0 fully saturated rings. The summed E-state index contributed by atoms with van der Waals surface area (Å²) < 4.78 is 39.6. The Hall–Kier alpha value is -1.14. The molecule has 1 aromatic rings. The Morgan fingerprint density at radius 1 is 1.35 bits per heavy atom. The predicted molar refractivity (Wildman–Crippen MR) is 61.2 cm³/mol. The van der Waals surface area contributed by atoms with Gasteiger partial charge in [0.1, 0.15) is 6.61 Å². The molecule has 1 rings (SSSR count). The van der Waals surface area contributed by atoms with E-state index in [1.54, 1.807) is 18.2 Å². The monoisotopic (exact) mass is 268 g/mol. The Morgan fingerprint density at radius 2 is 2.06 bits per heavy atom. The van der Waals surface area contributed by atoms with Crippen molar-refractivity contribution in [3.8, 4) is 0 Å². The van der Waals surface area contributed by atoms with E-state index in [0.29, 0.717) is 16.4 Å². The van der Waals surface area contributed by atoms with Gasteiger partial charge in [-0.3, -0.25) is 0 Å². The third-order valence-electron chi connectivity index (χ3n) is 1.84. The zero-order valence-corrected chi connectivity index (χ0v) is 9.61. The summed E-state index contributed by atoms with van der Waals surface area (Å²) >= 11 is 5.69. The smallest absolute Gasteiger partial charge is 0.397 e. The molecule has 1 aromatic carbocycles. The highest BCUT2D eigenvalue weighted by molar-refractivity contribution is 6.31. The zero-order valence-electron chi connectivity index (χ0n) is 8.85. The molecule has 0 aliphatic heterocycles. The Morgan fingerprint density at radius 3 is 2.65 bits per heavy atom. The number of nitrogens with two attached hydrogens (primary N) is 1. The van der Waals surface area contributed by atoms with Gasteiger partial charge >= 0.3 is 6.18 Å². The van der Waals surface area contributed by atoms with Crippen LogP contribution in [-0.2, 0) is 4.74 Å². The van der Waals surface area contributed by atoms with E-state index in [1.165, 1.54) is 0 Å². The summed E-state index contributed by atoms with van der Waals surface area (Å²) in [4.78, 5) is 0. The standard InChI is InChI=1S/C10H12ClF3N2O/c11-7-1-2-9(8(15)5-7)16-3-4-17-6-10(12,13)14/h1-2,5,16H,3-4,6,15H2. The highest BCUT2D eigenvalue weighted by Crippen LogP contribution is 2.22. The molecule has 0 saturated carbocycles. The topological polar surface area (TPSA) is 47.3 Å². The summed E-state index contributed by atoms with van der Waals surface area (Å²) in [7, 11) is 0. The van der Waals surface area contributed by atoms with E-state index in [2.05, 4.69) is 10.1 Å². The maximum Gasteiger partial charge on any atom is 0.411 e. The first-order valence-electron chi connectivity index (χ1n) is 4.82. The third-order valence-corrected chi connectivity index (χ3v) is 2.08. The van der Waals surface area contributed by atoms with Gasteiger partial charge in [-0.25, -0.2) is 0 Å². The van der Waals surface area contributed by atoms with E-state index in [9.17, 15) is 13.2 Å². The second kappa shape index (κ2) is 5.97. The normalized spacial score (nSPS) is 11.5. The van der Waals surface area contributed by atoms with Gasteiger partial charge in [0, 0.05) is 11.6 Å². The maximum absolute atomic E-state index is 11.7. The average molecular weight is 269 g/mol. The minimum Gasteiger partial charge on any atom is -0.397 e. The summed E-state index contributed by atoms with van der Waals surface area (Å²) in [5.41, 5.74) is 6.69. The van der Waals surface area contributed by atoms with Gasteiger partial charge in [-0.05, 0) is 18.2 Å². The summed E-state index contributed by atoms with van der Waals surface area (Å²) in [6, 6.07) is 4.85. The summed E-state index contributed by atoms with van der Waals surface area (Å²) in [5.74, 6) is 0. The van der Waals surface area contributed by atoms with Crippen LogP contribution in [0.25, 0.3) is 0 Å². The van der Waals surface area contributed by atoms with Crippen LogP contribution in [0.15, 0.2) is 18.2 Å². The molecule has 0 spiro atoms. The second-order valence-electron chi connectivity index (χ2n) is 3.33. The molecular weight excluding hydrogens is 257 g/mol. The lowest BCUT2D eigenvalue weighted by atomic mass is 10.2.